The molecule has 0 fully saturated rings. The highest BCUT2D eigenvalue weighted by molar-refractivity contribution is 5.72. The van der Waals surface area contributed by atoms with Crippen LogP contribution in [0.5, 0.6) is 0 Å². The highest BCUT2D eigenvalue weighted by Gasteiger charge is 2.23. The van der Waals surface area contributed by atoms with Crippen molar-refractivity contribution < 1.29 is 19.4 Å². The second kappa shape index (κ2) is 5.77. The number of hydrogen-bond acceptors (Lipinski definition) is 3. The van der Waals surface area contributed by atoms with Gasteiger partial charge in [0.05, 0.1) is 12.5 Å². The molecular formula is C13H20N2O4. The number of alkyl carbamates (subject to hydrolysis) is 1. The van der Waals surface area contributed by atoms with Crippen LogP contribution < -0.4 is 5.32 Å². The molecule has 0 saturated heterocycles. The van der Waals surface area contributed by atoms with Crippen molar-refractivity contribution >= 4 is 12.1 Å². The van der Waals surface area contributed by atoms with Gasteiger partial charge in [-0.15, -0.1) is 0 Å². The van der Waals surface area contributed by atoms with Crippen LogP contribution in [0.2, 0.25) is 0 Å². The third-order valence-electron chi connectivity index (χ3n) is 2.41. The standard InChI is InChI=1S/C13H20N2O4/c1-13(2,3)19-12(18)14-9(8-11(16)17)10-6-5-7-15(10)4/h5-7,9H,8H2,1-4H3,(H,14,18)(H,16,17)/t9-/m0/s1. The number of hydrogen-bond donors (Lipinski definition) is 2. The maximum absolute atomic E-state index is 11.7. The monoisotopic (exact) mass is 268 g/mol. The molecule has 0 bridgehead atoms. The van der Waals surface area contributed by atoms with Crippen LogP contribution in [0, 0.1) is 0 Å². The highest BCUT2D eigenvalue weighted by Crippen LogP contribution is 2.18. The topological polar surface area (TPSA) is 80.6 Å². The number of carbonyl (C=O) groups is 2. The van der Waals surface area contributed by atoms with Gasteiger partial charge in [0.1, 0.15) is 5.60 Å². The Kier molecular flexibility index (Phi) is 4.58. The number of aliphatic carboxylic acids is 1. The van der Waals surface area contributed by atoms with Crippen LogP contribution in [0.1, 0.15) is 38.9 Å². The van der Waals surface area contributed by atoms with Crippen LogP contribution in [0.15, 0.2) is 18.3 Å². The normalized spacial score (nSPS) is 12.8. The van der Waals surface area contributed by atoms with Crippen LogP contribution in [0.3, 0.4) is 0 Å². The first kappa shape index (κ1) is 15.1. The Morgan fingerprint density at radius 1 is 1.47 bits per heavy atom. The van der Waals surface area contributed by atoms with E-state index in [-0.39, 0.29) is 6.42 Å². The summed E-state index contributed by atoms with van der Waals surface area (Å²) in [5.74, 6) is -0.984. The number of amides is 1. The minimum Gasteiger partial charge on any atom is -0.481 e. The van der Waals surface area contributed by atoms with Crippen molar-refractivity contribution in [2.24, 2.45) is 7.05 Å². The van der Waals surface area contributed by atoms with E-state index in [1.165, 1.54) is 0 Å². The molecule has 0 aromatic carbocycles. The third-order valence-corrected chi connectivity index (χ3v) is 2.41. The van der Waals surface area contributed by atoms with Crippen molar-refractivity contribution in [3.63, 3.8) is 0 Å². The molecule has 6 nitrogen and oxygen atoms in total. The van der Waals surface area contributed by atoms with Gasteiger partial charge in [0.15, 0.2) is 0 Å². The number of carboxylic acids is 1. The van der Waals surface area contributed by atoms with E-state index in [0.717, 1.165) is 0 Å². The molecule has 106 valence electrons. The summed E-state index contributed by atoms with van der Waals surface area (Å²) in [4.78, 5) is 22.6. The molecule has 0 saturated carbocycles. The number of rotatable bonds is 4. The number of nitrogens with one attached hydrogen (secondary N) is 1. The van der Waals surface area contributed by atoms with Crippen molar-refractivity contribution in [3.8, 4) is 0 Å². The Balaban J connectivity index is 2.79. The second-order valence-corrected chi connectivity index (χ2v) is 5.34. The molecule has 0 aliphatic carbocycles. The van der Waals surface area contributed by atoms with Gasteiger partial charge in [0, 0.05) is 18.9 Å². The van der Waals surface area contributed by atoms with Crippen LogP contribution in [-0.2, 0) is 16.6 Å². The molecule has 6 heteroatoms. The number of carboxylic acid groups (broad SMARTS) is 1. The van der Waals surface area contributed by atoms with E-state index in [0.29, 0.717) is 5.69 Å². The Bertz CT molecular complexity index is 459. The fourth-order valence-corrected chi connectivity index (χ4v) is 1.69. The SMILES string of the molecule is Cn1cccc1[C@H](CC(=O)O)NC(=O)OC(C)(C)C. The van der Waals surface area contributed by atoms with E-state index in [2.05, 4.69) is 5.32 Å². The van der Waals surface area contributed by atoms with Gasteiger partial charge in [-0.25, -0.2) is 4.79 Å². The molecule has 1 atom stereocenters. The maximum Gasteiger partial charge on any atom is 0.408 e. The van der Waals surface area contributed by atoms with Gasteiger partial charge in [-0.3, -0.25) is 4.79 Å². The lowest BCUT2D eigenvalue weighted by molar-refractivity contribution is -0.137. The van der Waals surface area contributed by atoms with Gasteiger partial charge in [-0.2, -0.15) is 0 Å². The minimum atomic E-state index is -0.984. The molecule has 0 radical (unpaired) electrons. The van der Waals surface area contributed by atoms with Crippen LogP contribution in [-0.4, -0.2) is 27.3 Å². The van der Waals surface area contributed by atoms with E-state index < -0.39 is 23.7 Å². The molecule has 1 rings (SSSR count). The van der Waals surface area contributed by atoms with E-state index in [4.69, 9.17) is 9.84 Å². The second-order valence-electron chi connectivity index (χ2n) is 5.34. The van der Waals surface area contributed by atoms with Crippen LogP contribution in [0.4, 0.5) is 4.79 Å². The molecule has 1 aromatic heterocycles. The van der Waals surface area contributed by atoms with E-state index in [9.17, 15) is 9.59 Å². The summed E-state index contributed by atoms with van der Waals surface area (Å²) in [6, 6.07) is 2.94. The largest absolute Gasteiger partial charge is 0.481 e. The van der Waals surface area contributed by atoms with Gasteiger partial charge in [-0.05, 0) is 32.9 Å². The van der Waals surface area contributed by atoms with Gasteiger partial charge in [-0.1, -0.05) is 0 Å². The maximum atomic E-state index is 11.7. The lowest BCUT2D eigenvalue weighted by Gasteiger charge is -2.23. The van der Waals surface area contributed by atoms with Gasteiger partial charge >= 0.3 is 12.1 Å². The Hall–Kier alpha value is -1.98. The van der Waals surface area contributed by atoms with Crippen molar-refractivity contribution in [1.82, 2.24) is 9.88 Å². The molecule has 1 heterocycles. The molecule has 19 heavy (non-hydrogen) atoms. The zero-order valence-corrected chi connectivity index (χ0v) is 11.6. The Labute approximate surface area is 112 Å². The molecule has 1 aromatic rings. The summed E-state index contributed by atoms with van der Waals surface area (Å²) in [6.45, 7) is 5.25. The van der Waals surface area contributed by atoms with Crippen molar-refractivity contribution in [2.75, 3.05) is 0 Å². The Morgan fingerprint density at radius 3 is 2.53 bits per heavy atom. The zero-order valence-electron chi connectivity index (χ0n) is 11.6. The summed E-state index contributed by atoms with van der Waals surface area (Å²) < 4.78 is 6.90. The lowest BCUT2D eigenvalue weighted by atomic mass is 10.1. The Morgan fingerprint density at radius 2 is 2.11 bits per heavy atom. The number of nitrogens with zero attached hydrogens (tertiary/aromatic N) is 1. The molecule has 0 aliphatic heterocycles. The van der Waals surface area contributed by atoms with E-state index >= 15 is 0 Å². The average Bonchev–Trinajstić information content (AvgIpc) is 2.59. The molecule has 1 amide bonds. The molecule has 0 aliphatic rings. The lowest BCUT2D eigenvalue weighted by Crippen LogP contribution is -2.36. The summed E-state index contributed by atoms with van der Waals surface area (Å²) in [5.41, 5.74) is 0.0970. The van der Waals surface area contributed by atoms with E-state index in [1.807, 2.05) is 0 Å². The number of carbonyl (C=O) groups excluding carboxylic acids is 1. The predicted molar refractivity (Wildman–Crippen MR) is 69.8 cm³/mol. The van der Waals surface area contributed by atoms with Gasteiger partial charge in [0.25, 0.3) is 0 Å². The molecular weight excluding hydrogens is 248 g/mol. The first-order valence-electron chi connectivity index (χ1n) is 6.01. The fraction of sp³-hybridized carbons (Fsp3) is 0.538. The smallest absolute Gasteiger partial charge is 0.408 e. The first-order chi connectivity index (χ1) is 8.69. The summed E-state index contributed by atoms with van der Waals surface area (Å²) in [7, 11) is 1.79. The van der Waals surface area contributed by atoms with Crippen LogP contribution >= 0.6 is 0 Å². The summed E-state index contributed by atoms with van der Waals surface area (Å²) in [6.07, 6.45) is 0.970. The summed E-state index contributed by atoms with van der Waals surface area (Å²) >= 11 is 0. The molecule has 0 unspecified atom stereocenters. The van der Waals surface area contributed by atoms with Gasteiger partial charge < -0.3 is 19.7 Å². The third kappa shape index (κ3) is 5.03. The van der Waals surface area contributed by atoms with Crippen molar-refractivity contribution in [3.05, 3.63) is 24.0 Å². The average molecular weight is 268 g/mol. The zero-order chi connectivity index (χ0) is 14.6. The van der Waals surface area contributed by atoms with Gasteiger partial charge in [0.2, 0.25) is 0 Å². The highest BCUT2D eigenvalue weighted by atomic mass is 16.6. The number of aryl methyl sites for hydroxylation is 1. The quantitative estimate of drug-likeness (QED) is 0.876. The number of ether oxygens (including phenoxy) is 1. The summed E-state index contributed by atoms with van der Waals surface area (Å²) in [5, 5.41) is 11.5. The van der Waals surface area contributed by atoms with Crippen molar-refractivity contribution in [2.45, 2.75) is 38.8 Å². The van der Waals surface area contributed by atoms with E-state index in [1.54, 1.807) is 50.7 Å². The first-order valence-corrected chi connectivity index (χ1v) is 6.01. The predicted octanol–water partition coefficient (Wildman–Crippen LogP) is 2.07. The van der Waals surface area contributed by atoms with Crippen molar-refractivity contribution in [1.29, 1.82) is 0 Å². The number of aromatic nitrogens is 1. The fourth-order valence-electron chi connectivity index (χ4n) is 1.69. The molecule has 2 N–H and O–H groups in total. The molecule has 0 spiro atoms. The minimum absolute atomic E-state index is 0.197. The van der Waals surface area contributed by atoms with Crippen LogP contribution in [0.25, 0.3) is 0 Å².